The maximum absolute atomic E-state index is 14.6. The average Bonchev–Trinajstić information content (AvgIpc) is 3.27. The van der Waals surface area contributed by atoms with E-state index in [9.17, 15) is 27.4 Å². The summed E-state index contributed by atoms with van der Waals surface area (Å²) in [6.07, 6.45) is 1.55. The fourth-order valence-corrected chi connectivity index (χ4v) is 8.18. The zero-order valence-corrected chi connectivity index (χ0v) is 29.9. The molecule has 12 nitrogen and oxygen atoms in total. The second-order valence-corrected chi connectivity index (χ2v) is 16.7. The molecule has 258 valence electrons. The Balaban J connectivity index is 1.61. The molecular formula is C35H39N4O8PS. The highest BCUT2D eigenvalue weighted by Gasteiger charge is 2.45. The molecule has 0 aliphatic carbocycles. The standard InChI is InChI=1S/C35H39N4O8PS/c1-7-46-48(43)28-22-26(39(49(6,44)45)32(40)24-14-10-8-11-15-24)18-19-27(28)36-31(37-48)29-30(47-34(42)25-16-12-9-13-17-25)23(2)38(33(29)41)21-20-35(3,4)5/h8-19,22-23H,7,20-21H2,1-6H3,(H,36,37,43). The molecule has 3 aromatic rings. The number of rotatable bonds is 10. The van der Waals surface area contributed by atoms with Crippen molar-refractivity contribution < 1.29 is 36.6 Å². The maximum atomic E-state index is 14.6. The molecule has 2 aliphatic heterocycles. The molecule has 0 saturated heterocycles. The average molecular weight is 707 g/mol. The van der Waals surface area contributed by atoms with E-state index in [0.717, 1.165) is 6.26 Å². The van der Waals surface area contributed by atoms with Crippen LogP contribution in [0.3, 0.4) is 0 Å². The van der Waals surface area contributed by atoms with Crippen LogP contribution in [0.4, 0.5) is 11.4 Å². The Morgan fingerprint density at radius 3 is 2.18 bits per heavy atom. The lowest BCUT2D eigenvalue weighted by Gasteiger charge is -2.28. The van der Waals surface area contributed by atoms with Gasteiger partial charge in [-0.1, -0.05) is 57.2 Å². The highest BCUT2D eigenvalue weighted by molar-refractivity contribution is 7.92. The van der Waals surface area contributed by atoms with Gasteiger partial charge in [0.2, 0.25) is 10.0 Å². The molecule has 5 rings (SSSR count). The van der Waals surface area contributed by atoms with Crippen molar-refractivity contribution in [3.05, 3.63) is 101 Å². The Bertz CT molecular complexity index is 2010. The van der Waals surface area contributed by atoms with Crippen molar-refractivity contribution in [3.63, 3.8) is 0 Å². The van der Waals surface area contributed by atoms with Crippen molar-refractivity contribution in [1.82, 2.24) is 4.90 Å². The molecule has 0 radical (unpaired) electrons. The summed E-state index contributed by atoms with van der Waals surface area (Å²) < 4.78 is 57.2. The van der Waals surface area contributed by atoms with E-state index < -0.39 is 41.4 Å². The molecule has 0 aromatic heterocycles. The molecule has 2 atom stereocenters. The van der Waals surface area contributed by atoms with Crippen LogP contribution >= 0.6 is 7.52 Å². The van der Waals surface area contributed by atoms with Gasteiger partial charge in [-0.15, -0.1) is 0 Å². The molecule has 1 N–H and O–H groups in total. The van der Waals surface area contributed by atoms with E-state index in [4.69, 9.17) is 9.26 Å². The van der Waals surface area contributed by atoms with Gasteiger partial charge in [0.1, 0.15) is 11.3 Å². The number of fused-ring (bicyclic) bond motifs is 1. The smallest absolute Gasteiger partial charge is 0.348 e. The Hall–Kier alpha value is -4.58. The highest BCUT2D eigenvalue weighted by atomic mass is 32.2. The van der Waals surface area contributed by atoms with Crippen molar-refractivity contribution >= 4 is 57.8 Å². The summed E-state index contributed by atoms with van der Waals surface area (Å²) in [7, 11) is -8.36. The number of nitrogens with one attached hydrogen (secondary N) is 1. The number of benzene rings is 3. The fourth-order valence-electron chi connectivity index (χ4n) is 5.48. The topological polar surface area (TPSA) is 152 Å². The van der Waals surface area contributed by atoms with E-state index in [0.29, 0.717) is 17.3 Å². The molecule has 2 heterocycles. The molecule has 2 unspecified atom stereocenters. The first-order valence-corrected chi connectivity index (χ1v) is 19.2. The number of anilines is 2. The lowest BCUT2D eigenvalue weighted by molar-refractivity contribution is -0.126. The summed E-state index contributed by atoms with van der Waals surface area (Å²) in [4.78, 5) is 42.4. The van der Waals surface area contributed by atoms with Crippen molar-refractivity contribution in [2.45, 2.75) is 47.1 Å². The summed E-state index contributed by atoms with van der Waals surface area (Å²) in [5.41, 5.74) is 0.364. The third-order valence-corrected chi connectivity index (χ3v) is 11.1. The largest absolute Gasteiger partial charge is 0.424 e. The van der Waals surface area contributed by atoms with E-state index >= 15 is 0 Å². The van der Waals surface area contributed by atoms with Gasteiger partial charge in [-0.2, -0.15) is 4.76 Å². The van der Waals surface area contributed by atoms with E-state index in [2.05, 4.69) is 30.9 Å². The molecule has 0 saturated carbocycles. The van der Waals surface area contributed by atoms with E-state index in [1.54, 1.807) is 67.3 Å². The second-order valence-electron chi connectivity index (χ2n) is 12.9. The summed E-state index contributed by atoms with van der Waals surface area (Å²) >= 11 is 0. The molecule has 49 heavy (non-hydrogen) atoms. The summed E-state index contributed by atoms with van der Waals surface area (Å²) in [6, 6.07) is 19.7. The molecule has 3 aromatic carbocycles. The zero-order valence-electron chi connectivity index (χ0n) is 28.2. The van der Waals surface area contributed by atoms with Crippen molar-refractivity contribution in [3.8, 4) is 0 Å². The monoisotopic (exact) mass is 706 g/mol. The Morgan fingerprint density at radius 2 is 1.61 bits per heavy atom. The molecule has 2 amide bonds. The van der Waals surface area contributed by atoms with Gasteiger partial charge in [0.05, 0.1) is 41.1 Å². The molecule has 2 aliphatic rings. The summed E-state index contributed by atoms with van der Waals surface area (Å²) in [5.74, 6) is -2.04. The first-order valence-electron chi connectivity index (χ1n) is 15.7. The quantitative estimate of drug-likeness (QED) is 0.205. The van der Waals surface area contributed by atoms with E-state index in [1.165, 1.54) is 30.3 Å². The number of nitrogens with zero attached hydrogens (tertiary/aromatic N) is 3. The normalized spacial score (nSPS) is 19.2. The Kier molecular flexibility index (Phi) is 10.0. The number of sulfonamides is 1. The van der Waals surface area contributed by atoms with Gasteiger partial charge >= 0.3 is 13.5 Å². The van der Waals surface area contributed by atoms with Crippen LogP contribution in [0.15, 0.2) is 95.0 Å². The number of hydrogen-bond donors (Lipinski definition) is 1. The predicted molar refractivity (Wildman–Crippen MR) is 189 cm³/mol. The first-order chi connectivity index (χ1) is 23.0. The number of amides is 2. The van der Waals surface area contributed by atoms with Crippen LogP contribution in [0.2, 0.25) is 0 Å². The molecule has 0 fully saturated rings. The Morgan fingerprint density at radius 1 is 1.00 bits per heavy atom. The fraction of sp³-hybridized carbons (Fsp3) is 0.314. The van der Waals surface area contributed by atoms with Crippen molar-refractivity contribution in [1.29, 1.82) is 0 Å². The van der Waals surface area contributed by atoms with Gasteiger partial charge in [0.15, 0.2) is 5.84 Å². The van der Waals surface area contributed by atoms with Gasteiger partial charge in [-0.05, 0) is 68.1 Å². The molecule has 0 bridgehead atoms. The van der Waals surface area contributed by atoms with Crippen molar-refractivity contribution in [2.75, 3.05) is 29.0 Å². The van der Waals surface area contributed by atoms with E-state index in [-0.39, 0.29) is 57.0 Å². The minimum Gasteiger partial charge on any atom is -0.424 e. The van der Waals surface area contributed by atoms with Gasteiger partial charge in [0.25, 0.3) is 11.8 Å². The van der Waals surface area contributed by atoms with Crippen LogP contribution < -0.4 is 14.9 Å². The van der Waals surface area contributed by atoms with Gasteiger partial charge in [0, 0.05) is 12.1 Å². The molecular weight excluding hydrogens is 667 g/mol. The van der Waals surface area contributed by atoms with Gasteiger partial charge in [-0.3, -0.25) is 14.2 Å². The SMILES string of the molecule is CCOP1(=O)N=C(C2=C(OC(=O)c3ccccc3)C(C)N(CCC(C)(C)C)C2=O)Nc2ccc(N(C(=O)c3ccccc3)S(C)(=O)=O)cc21. The minimum absolute atomic E-state index is 0.00312. The van der Waals surface area contributed by atoms with Crippen LogP contribution in [-0.4, -0.2) is 62.4 Å². The van der Waals surface area contributed by atoms with E-state index in [1.807, 2.05) is 0 Å². The lowest BCUT2D eigenvalue weighted by atomic mass is 9.92. The lowest BCUT2D eigenvalue weighted by Crippen LogP contribution is -2.38. The number of ether oxygens (including phenoxy) is 1. The minimum atomic E-state index is -4.21. The third-order valence-electron chi connectivity index (χ3n) is 7.97. The molecule has 0 spiro atoms. The number of esters is 1. The van der Waals surface area contributed by atoms with Crippen LogP contribution in [-0.2, 0) is 28.6 Å². The zero-order chi connectivity index (χ0) is 35.7. The number of carbonyl (C=O) groups is 3. The first kappa shape index (κ1) is 35.7. The summed E-state index contributed by atoms with van der Waals surface area (Å²) in [5, 5.41) is 3.05. The second kappa shape index (κ2) is 13.7. The van der Waals surface area contributed by atoms with Crippen LogP contribution in [0.25, 0.3) is 0 Å². The highest BCUT2D eigenvalue weighted by Crippen LogP contribution is 2.53. The van der Waals surface area contributed by atoms with Crippen molar-refractivity contribution in [2.24, 2.45) is 10.2 Å². The Labute approximate surface area is 286 Å². The predicted octanol–water partition coefficient (Wildman–Crippen LogP) is 5.75. The maximum Gasteiger partial charge on any atom is 0.348 e. The summed E-state index contributed by atoms with van der Waals surface area (Å²) in [6.45, 7) is 9.83. The van der Waals surface area contributed by atoms with Crippen LogP contribution in [0.1, 0.15) is 61.8 Å². The number of hydrogen-bond acceptors (Lipinski definition) is 9. The van der Waals surface area contributed by atoms with Crippen LogP contribution in [0.5, 0.6) is 0 Å². The molecule has 14 heteroatoms. The third kappa shape index (κ3) is 7.54. The number of amidine groups is 1. The number of carbonyl (C=O) groups excluding carboxylic acids is 3. The van der Waals surface area contributed by atoms with Gasteiger partial charge in [-0.25, -0.2) is 17.5 Å². The van der Waals surface area contributed by atoms with Gasteiger partial charge < -0.3 is 19.5 Å². The van der Waals surface area contributed by atoms with Crippen LogP contribution in [0, 0.1) is 5.41 Å².